The molecule has 0 saturated carbocycles. The van der Waals surface area contributed by atoms with Crippen LogP contribution in [0, 0.1) is 0 Å². The molecule has 1 aromatic carbocycles. The van der Waals surface area contributed by atoms with Crippen LogP contribution >= 0.6 is 0 Å². The first-order valence-corrected chi connectivity index (χ1v) is 2.89. The Labute approximate surface area is 61.6 Å². The quantitative estimate of drug-likeness (QED) is 0.557. The second kappa shape index (κ2) is 2.45. The summed E-state index contributed by atoms with van der Waals surface area (Å²) in [6, 6.07) is 4.01. The maximum absolute atomic E-state index is 11.9. The fourth-order valence-corrected chi connectivity index (χ4v) is 0.659. The van der Waals surface area contributed by atoms with Crippen LogP contribution in [0.15, 0.2) is 24.3 Å². The van der Waals surface area contributed by atoms with Gasteiger partial charge < -0.3 is 5.73 Å². The maximum Gasteiger partial charge on any atom is 0.416 e. The zero-order chi connectivity index (χ0) is 8.48. The zero-order valence-corrected chi connectivity index (χ0v) is 5.44. The highest BCUT2D eigenvalue weighted by molar-refractivity contribution is 5.36. The Hall–Kier alpha value is -1.19. The molecule has 1 rings (SSSR count). The minimum atomic E-state index is -4.30. The molecule has 0 bridgehead atoms. The number of alkyl halides is 3. The highest BCUT2D eigenvalue weighted by Gasteiger charge is 2.29. The van der Waals surface area contributed by atoms with Crippen molar-refractivity contribution in [2.45, 2.75) is 6.18 Å². The van der Waals surface area contributed by atoms with Gasteiger partial charge in [-0.1, -0.05) is 0 Å². The lowest BCUT2D eigenvalue weighted by molar-refractivity contribution is -0.137. The molecule has 1 radical (unpaired) electrons. The highest BCUT2D eigenvalue weighted by Crippen LogP contribution is 2.29. The van der Waals surface area contributed by atoms with Crippen LogP contribution in [0.25, 0.3) is 0 Å². The Morgan fingerprint density at radius 2 is 1.45 bits per heavy atom. The van der Waals surface area contributed by atoms with Gasteiger partial charge in [0.05, 0.1) is 11.3 Å². The third-order valence-electron chi connectivity index (χ3n) is 1.21. The van der Waals surface area contributed by atoms with Crippen molar-refractivity contribution in [1.82, 2.24) is 5.73 Å². The lowest BCUT2D eigenvalue weighted by Crippen LogP contribution is -2.03. The molecular weight excluding hydrogens is 155 g/mol. The molecule has 0 heterocycles. The molecule has 4 heteroatoms. The van der Waals surface area contributed by atoms with Crippen molar-refractivity contribution in [2.75, 3.05) is 0 Å². The Morgan fingerprint density at radius 1 is 1.00 bits per heavy atom. The largest absolute Gasteiger partial charge is 0.416 e. The topological polar surface area (TPSA) is 23.8 Å². The van der Waals surface area contributed by atoms with Crippen molar-refractivity contribution >= 4 is 5.69 Å². The average Bonchev–Trinajstić information content (AvgIpc) is 1.86. The molecule has 0 spiro atoms. The summed E-state index contributed by atoms with van der Waals surface area (Å²) in [7, 11) is 0. The predicted octanol–water partition coefficient (Wildman–Crippen LogP) is 2.62. The molecule has 0 aliphatic rings. The van der Waals surface area contributed by atoms with E-state index in [1.165, 1.54) is 0 Å². The van der Waals surface area contributed by atoms with E-state index >= 15 is 0 Å². The third kappa shape index (κ3) is 1.86. The summed E-state index contributed by atoms with van der Waals surface area (Å²) < 4.78 is 35.6. The van der Waals surface area contributed by atoms with Crippen molar-refractivity contribution in [3.8, 4) is 0 Å². The molecule has 0 atom stereocenters. The van der Waals surface area contributed by atoms with E-state index in [-0.39, 0.29) is 5.69 Å². The van der Waals surface area contributed by atoms with Crippen molar-refractivity contribution in [3.63, 3.8) is 0 Å². The van der Waals surface area contributed by atoms with E-state index in [0.29, 0.717) is 0 Å². The molecule has 0 aliphatic heterocycles. The van der Waals surface area contributed by atoms with Gasteiger partial charge in [0.25, 0.3) is 0 Å². The number of benzene rings is 1. The van der Waals surface area contributed by atoms with Crippen LogP contribution in [0.5, 0.6) is 0 Å². The number of hydrogen-bond acceptors (Lipinski definition) is 0. The van der Waals surface area contributed by atoms with Gasteiger partial charge >= 0.3 is 6.18 Å². The van der Waals surface area contributed by atoms with E-state index in [1.54, 1.807) is 0 Å². The molecule has 0 fully saturated rings. The van der Waals surface area contributed by atoms with Gasteiger partial charge in [-0.05, 0) is 24.3 Å². The van der Waals surface area contributed by atoms with Gasteiger partial charge in [0.1, 0.15) is 0 Å². The lowest BCUT2D eigenvalue weighted by Gasteiger charge is -2.04. The Bertz CT molecular complexity index is 237. The molecule has 11 heavy (non-hydrogen) atoms. The molecule has 0 amide bonds. The van der Waals surface area contributed by atoms with E-state index in [0.717, 1.165) is 24.3 Å². The van der Waals surface area contributed by atoms with Crippen LogP contribution in [0.4, 0.5) is 18.9 Å². The monoisotopic (exact) mass is 160 g/mol. The molecule has 1 aromatic rings. The Morgan fingerprint density at radius 3 is 1.82 bits per heavy atom. The molecule has 0 unspecified atom stereocenters. The van der Waals surface area contributed by atoms with Crippen molar-refractivity contribution in [1.29, 1.82) is 0 Å². The minimum absolute atomic E-state index is 0.0815. The minimum Gasteiger partial charge on any atom is -0.301 e. The summed E-state index contributed by atoms with van der Waals surface area (Å²) in [6.45, 7) is 0. The summed E-state index contributed by atoms with van der Waals surface area (Å²) in [4.78, 5) is 0. The fourth-order valence-electron chi connectivity index (χ4n) is 0.659. The van der Waals surface area contributed by atoms with Gasteiger partial charge in [-0.3, -0.25) is 0 Å². The van der Waals surface area contributed by atoms with Crippen molar-refractivity contribution in [2.24, 2.45) is 0 Å². The van der Waals surface area contributed by atoms with Gasteiger partial charge in [-0.2, -0.15) is 13.2 Å². The first-order valence-electron chi connectivity index (χ1n) is 2.89. The van der Waals surface area contributed by atoms with E-state index in [9.17, 15) is 13.2 Å². The predicted molar refractivity (Wildman–Crippen MR) is 34.2 cm³/mol. The maximum atomic E-state index is 11.9. The van der Waals surface area contributed by atoms with Crippen molar-refractivity contribution in [3.05, 3.63) is 29.8 Å². The standard InChI is InChI=1S/C7H5F3N/c8-7(9,10)5-1-3-6(11)4-2-5/h1-4,11H. The third-order valence-corrected chi connectivity index (χ3v) is 1.21. The number of hydrogen-bond donors (Lipinski definition) is 0. The van der Waals surface area contributed by atoms with Gasteiger partial charge in [0.15, 0.2) is 0 Å². The summed E-state index contributed by atoms with van der Waals surface area (Å²) >= 11 is 0. The zero-order valence-electron chi connectivity index (χ0n) is 5.44. The van der Waals surface area contributed by atoms with Crippen LogP contribution < -0.4 is 5.73 Å². The van der Waals surface area contributed by atoms with Crippen LogP contribution in [0.3, 0.4) is 0 Å². The van der Waals surface area contributed by atoms with Crippen LogP contribution in [0.2, 0.25) is 0 Å². The number of nitrogens with one attached hydrogen (secondary N) is 1. The Kier molecular flexibility index (Phi) is 1.76. The average molecular weight is 160 g/mol. The summed E-state index contributed by atoms with van der Waals surface area (Å²) in [5.74, 6) is 0. The van der Waals surface area contributed by atoms with Crippen molar-refractivity contribution < 1.29 is 13.2 Å². The Balaban J connectivity index is 2.99. The van der Waals surface area contributed by atoms with Gasteiger partial charge in [-0.25, -0.2) is 0 Å². The summed E-state index contributed by atoms with van der Waals surface area (Å²) in [6.07, 6.45) is -4.30. The fraction of sp³-hybridized carbons (Fsp3) is 0.143. The first-order chi connectivity index (χ1) is 5.00. The van der Waals surface area contributed by atoms with Gasteiger partial charge in [0.2, 0.25) is 0 Å². The normalized spacial score (nSPS) is 11.5. The van der Waals surface area contributed by atoms with Crippen LogP contribution in [-0.2, 0) is 6.18 Å². The SMILES string of the molecule is [NH]c1ccc(C(F)(F)F)cc1. The number of halogens is 3. The summed E-state index contributed by atoms with van der Waals surface area (Å²) in [5.41, 5.74) is 6.30. The molecule has 0 saturated heterocycles. The van der Waals surface area contributed by atoms with E-state index in [1.807, 2.05) is 0 Å². The van der Waals surface area contributed by atoms with E-state index in [2.05, 4.69) is 0 Å². The lowest BCUT2D eigenvalue weighted by atomic mass is 10.2. The van der Waals surface area contributed by atoms with Crippen LogP contribution in [-0.4, -0.2) is 0 Å². The molecule has 0 aliphatic carbocycles. The first kappa shape index (κ1) is 7.91. The molecule has 1 nitrogen and oxygen atoms in total. The van der Waals surface area contributed by atoms with Gasteiger partial charge in [0, 0.05) is 0 Å². The van der Waals surface area contributed by atoms with Gasteiger partial charge in [-0.15, -0.1) is 0 Å². The van der Waals surface area contributed by atoms with E-state index in [4.69, 9.17) is 5.73 Å². The molecule has 59 valence electrons. The van der Waals surface area contributed by atoms with Crippen LogP contribution in [0.1, 0.15) is 5.56 Å². The molecular formula is C7H5F3N. The highest BCUT2D eigenvalue weighted by atomic mass is 19.4. The smallest absolute Gasteiger partial charge is 0.301 e. The summed E-state index contributed by atoms with van der Waals surface area (Å²) in [5, 5.41) is 0. The molecule has 1 N–H and O–H groups in total. The van der Waals surface area contributed by atoms with E-state index < -0.39 is 11.7 Å². The second-order valence-electron chi connectivity index (χ2n) is 2.08. The molecule has 0 aromatic heterocycles. The second-order valence-corrected chi connectivity index (χ2v) is 2.08. The number of rotatable bonds is 0.